The maximum Gasteiger partial charge on any atom is 0.416 e. The van der Waals surface area contributed by atoms with Gasteiger partial charge in [0.05, 0.1) is 5.56 Å². The van der Waals surface area contributed by atoms with Gasteiger partial charge in [0.25, 0.3) is 0 Å². The van der Waals surface area contributed by atoms with Gasteiger partial charge < -0.3 is 5.32 Å². The molecule has 0 radical (unpaired) electrons. The van der Waals surface area contributed by atoms with Crippen molar-refractivity contribution in [1.82, 2.24) is 10.2 Å². The van der Waals surface area contributed by atoms with Gasteiger partial charge in [0.1, 0.15) is 0 Å². The molecular formula is C14H19F3N2. The SMILES string of the molecule is CNC1CCN(Cc2ccccc2C(F)(F)F)CC1. The van der Waals surface area contributed by atoms with Gasteiger partial charge in [-0.25, -0.2) is 0 Å². The smallest absolute Gasteiger partial charge is 0.317 e. The fraction of sp³-hybridized carbons (Fsp3) is 0.571. The second-order valence-electron chi connectivity index (χ2n) is 4.99. The van der Waals surface area contributed by atoms with Gasteiger partial charge in [0, 0.05) is 12.6 Å². The number of alkyl halides is 3. The highest BCUT2D eigenvalue weighted by Crippen LogP contribution is 2.32. The summed E-state index contributed by atoms with van der Waals surface area (Å²) in [6.45, 7) is 2.07. The van der Waals surface area contributed by atoms with Crippen molar-refractivity contribution in [3.8, 4) is 0 Å². The van der Waals surface area contributed by atoms with Crippen molar-refractivity contribution in [2.24, 2.45) is 0 Å². The second-order valence-corrected chi connectivity index (χ2v) is 4.99. The molecule has 2 nitrogen and oxygen atoms in total. The average molecular weight is 272 g/mol. The van der Waals surface area contributed by atoms with E-state index < -0.39 is 11.7 Å². The zero-order chi connectivity index (χ0) is 13.9. The van der Waals surface area contributed by atoms with Crippen LogP contribution in [0, 0.1) is 0 Å². The van der Waals surface area contributed by atoms with Crippen LogP contribution in [0.2, 0.25) is 0 Å². The fourth-order valence-corrected chi connectivity index (χ4v) is 2.56. The first-order valence-corrected chi connectivity index (χ1v) is 6.55. The summed E-state index contributed by atoms with van der Waals surface area (Å²) in [6.07, 6.45) is -2.28. The molecule has 1 N–H and O–H groups in total. The van der Waals surface area contributed by atoms with Gasteiger partial charge in [-0.1, -0.05) is 18.2 Å². The lowest BCUT2D eigenvalue weighted by molar-refractivity contribution is -0.138. The Hall–Kier alpha value is -1.07. The summed E-state index contributed by atoms with van der Waals surface area (Å²) in [5.74, 6) is 0. The van der Waals surface area contributed by atoms with Crippen LogP contribution < -0.4 is 5.32 Å². The zero-order valence-corrected chi connectivity index (χ0v) is 11.0. The number of likely N-dealkylation sites (tertiary alicyclic amines) is 1. The third-order valence-corrected chi connectivity index (χ3v) is 3.71. The van der Waals surface area contributed by atoms with Gasteiger partial charge in [-0.05, 0) is 44.6 Å². The van der Waals surface area contributed by atoms with Gasteiger partial charge in [0.2, 0.25) is 0 Å². The Kier molecular flexibility index (Phi) is 4.47. The quantitative estimate of drug-likeness (QED) is 0.910. The third-order valence-electron chi connectivity index (χ3n) is 3.71. The number of benzene rings is 1. The molecule has 1 fully saturated rings. The molecule has 1 aromatic rings. The first-order valence-electron chi connectivity index (χ1n) is 6.55. The molecule has 0 saturated carbocycles. The van der Waals surface area contributed by atoms with E-state index in [1.165, 1.54) is 6.07 Å². The lowest BCUT2D eigenvalue weighted by atomic mass is 10.0. The molecule has 0 amide bonds. The number of nitrogens with zero attached hydrogens (tertiary/aromatic N) is 1. The second kappa shape index (κ2) is 5.92. The number of halogens is 3. The maximum atomic E-state index is 12.9. The summed E-state index contributed by atoms with van der Waals surface area (Å²) in [4.78, 5) is 2.10. The first kappa shape index (κ1) is 14.3. The molecule has 0 aliphatic carbocycles. The molecule has 1 aliphatic rings. The van der Waals surface area contributed by atoms with Gasteiger partial charge in [-0.15, -0.1) is 0 Å². The number of nitrogens with one attached hydrogen (secondary N) is 1. The Morgan fingerprint density at radius 1 is 1.21 bits per heavy atom. The van der Waals surface area contributed by atoms with E-state index in [9.17, 15) is 13.2 Å². The van der Waals surface area contributed by atoms with Crippen LogP contribution in [0.25, 0.3) is 0 Å². The lowest BCUT2D eigenvalue weighted by Gasteiger charge is -2.32. The molecule has 106 valence electrons. The molecule has 1 saturated heterocycles. The number of rotatable bonds is 3. The Bertz CT molecular complexity index is 409. The van der Waals surface area contributed by atoms with E-state index in [2.05, 4.69) is 10.2 Å². The highest BCUT2D eigenvalue weighted by atomic mass is 19.4. The van der Waals surface area contributed by atoms with E-state index in [-0.39, 0.29) is 0 Å². The van der Waals surface area contributed by atoms with E-state index in [1.54, 1.807) is 12.1 Å². The molecule has 5 heteroatoms. The molecule has 0 bridgehead atoms. The average Bonchev–Trinajstić information content (AvgIpc) is 2.39. The minimum absolute atomic E-state index is 0.373. The van der Waals surface area contributed by atoms with Gasteiger partial charge in [-0.3, -0.25) is 4.90 Å². The molecule has 0 atom stereocenters. The monoisotopic (exact) mass is 272 g/mol. The third kappa shape index (κ3) is 3.70. The van der Waals surface area contributed by atoms with E-state index in [1.807, 2.05) is 7.05 Å². The molecule has 1 aliphatic heterocycles. The number of piperidine rings is 1. The lowest BCUT2D eigenvalue weighted by Crippen LogP contribution is -2.40. The van der Waals surface area contributed by atoms with Crippen molar-refractivity contribution >= 4 is 0 Å². The van der Waals surface area contributed by atoms with Crippen molar-refractivity contribution in [2.45, 2.75) is 31.6 Å². The Labute approximate surface area is 111 Å². The van der Waals surface area contributed by atoms with Crippen LogP contribution in [0.3, 0.4) is 0 Å². The van der Waals surface area contributed by atoms with Crippen molar-refractivity contribution in [2.75, 3.05) is 20.1 Å². The molecular weight excluding hydrogens is 253 g/mol. The standard InChI is InChI=1S/C14H19F3N2/c1-18-12-6-8-19(9-7-12)10-11-4-2-3-5-13(11)14(15,16)17/h2-5,12,18H,6-10H2,1H3. The van der Waals surface area contributed by atoms with E-state index in [4.69, 9.17) is 0 Å². The molecule has 0 spiro atoms. The summed E-state index contributed by atoms with van der Waals surface area (Å²) in [5.41, 5.74) is -0.136. The van der Waals surface area contributed by atoms with Crippen molar-refractivity contribution < 1.29 is 13.2 Å². The van der Waals surface area contributed by atoms with Crippen molar-refractivity contribution in [3.63, 3.8) is 0 Å². The first-order chi connectivity index (χ1) is 9.00. The Balaban J connectivity index is 2.04. The molecule has 19 heavy (non-hydrogen) atoms. The zero-order valence-electron chi connectivity index (χ0n) is 11.0. The van der Waals surface area contributed by atoms with E-state index in [0.29, 0.717) is 18.2 Å². The molecule has 1 aromatic carbocycles. The van der Waals surface area contributed by atoms with Gasteiger partial charge in [-0.2, -0.15) is 13.2 Å². The van der Waals surface area contributed by atoms with Crippen LogP contribution in [0.4, 0.5) is 13.2 Å². The highest BCUT2D eigenvalue weighted by molar-refractivity contribution is 5.29. The molecule has 1 heterocycles. The minimum Gasteiger partial charge on any atom is -0.317 e. The Morgan fingerprint density at radius 3 is 2.42 bits per heavy atom. The predicted octanol–water partition coefficient (Wildman–Crippen LogP) is 2.89. The van der Waals surface area contributed by atoms with E-state index >= 15 is 0 Å². The number of hydrogen-bond donors (Lipinski definition) is 1. The largest absolute Gasteiger partial charge is 0.416 e. The van der Waals surface area contributed by atoms with Crippen LogP contribution in [-0.2, 0) is 12.7 Å². The minimum atomic E-state index is -4.26. The van der Waals surface area contributed by atoms with Gasteiger partial charge >= 0.3 is 6.18 Å². The summed E-state index contributed by atoms with van der Waals surface area (Å²) in [5, 5.41) is 3.22. The predicted molar refractivity (Wildman–Crippen MR) is 68.8 cm³/mol. The van der Waals surface area contributed by atoms with E-state index in [0.717, 1.165) is 32.0 Å². The molecule has 0 unspecified atom stereocenters. The van der Waals surface area contributed by atoms with Crippen LogP contribution in [0.5, 0.6) is 0 Å². The summed E-state index contributed by atoms with van der Waals surface area (Å²) >= 11 is 0. The fourth-order valence-electron chi connectivity index (χ4n) is 2.56. The highest BCUT2D eigenvalue weighted by Gasteiger charge is 2.33. The summed E-state index contributed by atoms with van der Waals surface area (Å²) in [7, 11) is 1.93. The van der Waals surface area contributed by atoms with Gasteiger partial charge in [0.15, 0.2) is 0 Å². The van der Waals surface area contributed by atoms with Crippen LogP contribution in [0.15, 0.2) is 24.3 Å². The molecule has 2 rings (SSSR count). The van der Waals surface area contributed by atoms with Crippen molar-refractivity contribution in [3.05, 3.63) is 35.4 Å². The maximum absolute atomic E-state index is 12.9. The van der Waals surface area contributed by atoms with Crippen molar-refractivity contribution in [1.29, 1.82) is 0 Å². The molecule has 0 aromatic heterocycles. The number of hydrogen-bond acceptors (Lipinski definition) is 2. The Morgan fingerprint density at radius 2 is 1.84 bits per heavy atom. The summed E-state index contributed by atoms with van der Waals surface area (Å²) < 4.78 is 38.7. The topological polar surface area (TPSA) is 15.3 Å². The van der Waals surface area contributed by atoms with Crippen LogP contribution in [0.1, 0.15) is 24.0 Å². The van der Waals surface area contributed by atoms with Crippen LogP contribution >= 0.6 is 0 Å². The normalized spacial score (nSPS) is 18.7. The van der Waals surface area contributed by atoms with Crippen LogP contribution in [-0.4, -0.2) is 31.1 Å². The summed E-state index contributed by atoms with van der Waals surface area (Å²) in [6, 6.07) is 6.35.